The van der Waals surface area contributed by atoms with Gasteiger partial charge in [-0.25, -0.2) is 9.48 Å². The lowest BCUT2D eigenvalue weighted by molar-refractivity contribution is 0.00539. The van der Waals surface area contributed by atoms with Crippen LogP contribution < -0.4 is 0 Å². The van der Waals surface area contributed by atoms with Gasteiger partial charge in [0.25, 0.3) is 0 Å². The Morgan fingerprint density at radius 3 is 2.34 bits per heavy atom. The van der Waals surface area contributed by atoms with Crippen LogP contribution in [-0.2, 0) is 17.8 Å². The third-order valence-corrected chi connectivity index (χ3v) is 6.08. The molecule has 166 valence electrons. The highest BCUT2D eigenvalue weighted by atomic mass is 16.6. The Bertz CT molecular complexity index is 1090. The van der Waals surface area contributed by atoms with Crippen LogP contribution in [0.5, 0.6) is 0 Å². The molecule has 1 saturated heterocycles. The van der Waals surface area contributed by atoms with Gasteiger partial charge in [-0.2, -0.15) is 0 Å². The number of hydrogen-bond donors (Lipinski definition) is 0. The SMILES string of the molecule is CC(C)(C)OC(=O)N1Cc2c(-c3ccccc3)nnn2[C@@H]2CN(Cc3ccccc3)C[C@H]21. The molecule has 0 spiro atoms. The van der Waals surface area contributed by atoms with Gasteiger partial charge in [-0.05, 0) is 26.3 Å². The zero-order valence-electron chi connectivity index (χ0n) is 18.8. The minimum atomic E-state index is -0.549. The molecule has 0 unspecified atom stereocenters. The lowest BCUT2D eigenvalue weighted by atomic mass is 10.0. The van der Waals surface area contributed by atoms with Gasteiger partial charge in [0.1, 0.15) is 11.3 Å². The largest absolute Gasteiger partial charge is 0.444 e. The summed E-state index contributed by atoms with van der Waals surface area (Å²) in [7, 11) is 0. The number of aromatic nitrogens is 3. The number of nitrogens with zero attached hydrogens (tertiary/aromatic N) is 5. The van der Waals surface area contributed by atoms with E-state index in [9.17, 15) is 4.79 Å². The fraction of sp³-hybridized carbons (Fsp3) is 0.400. The maximum atomic E-state index is 13.2. The smallest absolute Gasteiger partial charge is 0.411 e. The number of likely N-dealkylation sites (tertiary alicyclic amines) is 1. The lowest BCUT2D eigenvalue weighted by Gasteiger charge is -2.38. The summed E-state index contributed by atoms with van der Waals surface area (Å²) in [6, 6.07) is 20.5. The van der Waals surface area contributed by atoms with Gasteiger partial charge in [0.2, 0.25) is 0 Å². The van der Waals surface area contributed by atoms with E-state index in [1.54, 1.807) is 0 Å². The summed E-state index contributed by atoms with van der Waals surface area (Å²) in [5.74, 6) is 0. The predicted molar refractivity (Wildman–Crippen MR) is 122 cm³/mol. The Balaban J connectivity index is 1.48. The van der Waals surface area contributed by atoms with Crippen LogP contribution in [0.15, 0.2) is 60.7 Å². The van der Waals surface area contributed by atoms with Crippen LogP contribution in [-0.4, -0.2) is 55.6 Å². The second-order valence-electron chi connectivity index (χ2n) is 9.62. The van der Waals surface area contributed by atoms with E-state index in [1.807, 2.05) is 66.8 Å². The lowest BCUT2D eigenvalue weighted by Crippen LogP contribution is -2.50. The summed E-state index contributed by atoms with van der Waals surface area (Å²) < 4.78 is 7.84. The van der Waals surface area contributed by atoms with Crippen molar-refractivity contribution in [2.75, 3.05) is 13.1 Å². The number of carbonyl (C=O) groups excluding carboxylic acids is 1. The predicted octanol–water partition coefficient (Wildman–Crippen LogP) is 4.12. The summed E-state index contributed by atoms with van der Waals surface area (Å²) >= 11 is 0. The van der Waals surface area contributed by atoms with Crippen LogP contribution in [0.2, 0.25) is 0 Å². The highest BCUT2D eigenvalue weighted by Gasteiger charge is 2.46. The summed E-state index contributed by atoms with van der Waals surface area (Å²) in [6.45, 7) is 8.58. The van der Waals surface area contributed by atoms with E-state index in [2.05, 4.69) is 39.5 Å². The van der Waals surface area contributed by atoms with Crippen molar-refractivity contribution in [3.8, 4) is 11.3 Å². The number of benzene rings is 2. The van der Waals surface area contributed by atoms with Crippen LogP contribution in [0.25, 0.3) is 11.3 Å². The zero-order valence-corrected chi connectivity index (χ0v) is 18.8. The molecule has 0 bridgehead atoms. The summed E-state index contributed by atoms with van der Waals surface area (Å²) in [4.78, 5) is 17.5. The summed E-state index contributed by atoms with van der Waals surface area (Å²) in [5.41, 5.74) is 3.52. The molecule has 1 aromatic heterocycles. The first kappa shape index (κ1) is 20.7. The van der Waals surface area contributed by atoms with Gasteiger partial charge in [-0.15, -0.1) is 5.10 Å². The highest BCUT2D eigenvalue weighted by molar-refractivity contribution is 5.70. The van der Waals surface area contributed by atoms with Crippen molar-refractivity contribution in [2.24, 2.45) is 0 Å². The average molecular weight is 432 g/mol. The van der Waals surface area contributed by atoms with Gasteiger partial charge in [-0.3, -0.25) is 9.80 Å². The van der Waals surface area contributed by atoms with Crippen molar-refractivity contribution in [1.29, 1.82) is 0 Å². The molecule has 0 aliphatic carbocycles. The molecule has 7 nitrogen and oxygen atoms in total. The highest BCUT2D eigenvalue weighted by Crippen LogP contribution is 2.37. The number of amides is 1. The van der Waals surface area contributed by atoms with Crippen LogP contribution in [0.4, 0.5) is 4.79 Å². The molecular weight excluding hydrogens is 402 g/mol. The van der Waals surface area contributed by atoms with Crippen LogP contribution >= 0.6 is 0 Å². The summed E-state index contributed by atoms with van der Waals surface area (Å²) in [5, 5.41) is 9.07. The van der Waals surface area contributed by atoms with E-state index < -0.39 is 5.60 Å². The van der Waals surface area contributed by atoms with Crippen molar-refractivity contribution in [3.05, 3.63) is 71.9 Å². The zero-order chi connectivity index (χ0) is 22.3. The van der Waals surface area contributed by atoms with E-state index in [1.165, 1.54) is 5.56 Å². The Morgan fingerprint density at radius 2 is 1.66 bits per heavy atom. The Morgan fingerprint density at radius 1 is 1.00 bits per heavy atom. The van der Waals surface area contributed by atoms with E-state index in [0.717, 1.165) is 36.6 Å². The number of fused-ring (bicyclic) bond motifs is 3. The van der Waals surface area contributed by atoms with Crippen molar-refractivity contribution < 1.29 is 9.53 Å². The molecule has 2 aromatic carbocycles. The Hall–Kier alpha value is -3.19. The second-order valence-corrected chi connectivity index (χ2v) is 9.62. The van der Waals surface area contributed by atoms with Crippen molar-refractivity contribution in [2.45, 2.75) is 51.5 Å². The van der Waals surface area contributed by atoms with Gasteiger partial charge >= 0.3 is 6.09 Å². The normalized spacial score (nSPS) is 20.7. The van der Waals surface area contributed by atoms with Gasteiger partial charge < -0.3 is 4.74 Å². The van der Waals surface area contributed by atoms with E-state index in [-0.39, 0.29) is 18.2 Å². The van der Waals surface area contributed by atoms with E-state index >= 15 is 0 Å². The number of hydrogen-bond acceptors (Lipinski definition) is 5. The third-order valence-electron chi connectivity index (χ3n) is 6.08. The maximum absolute atomic E-state index is 13.2. The number of carbonyl (C=O) groups is 1. The molecule has 7 heteroatoms. The molecule has 32 heavy (non-hydrogen) atoms. The van der Waals surface area contributed by atoms with Crippen molar-refractivity contribution in [3.63, 3.8) is 0 Å². The minimum Gasteiger partial charge on any atom is -0.444 e. The first-order chi connectivity index (χ1) is 15.4. The molecule has 3 heterocycles. The fourth-order valence-electron chi connectivity index (χ4n) is 4.71. The van der Waals surface area contributed by atoms with Crippen LogP contribution in [0.1, 0.15) is 38.1 Å². The van der Waals surface area contributed by atoms with Gasteiger partial charge in [0, 0.05) is 25.2 Å². The average Bonchev–Trinajstić information content (AvgIpc) is 3.37. The molecule has 1 fully saturated rings. The number of ether oxygens (including phenoxy) is 1. The molecule has 0 saturated carbocycles. The standard InChI is InChI=1S/C25H29N5O2/c1-25(2,3)32-24(31)29-17-22-23(19-12-8-5-9-13-19)26-27-30(22)21-16-28(15-20(21)29)14-18-10-6-4-7-11-18/h4-13,20-21H,14-17H2,1-3H3/t20-,21-/m1/s1. The van der Waals surface area contributed by atoms with Crippen molar-refractivity contribution in [1.82, 2.24) is 24.8 Å². The first-order valence-electron chi connectivity index (χ1n) is 11.1. The minimum absolute atomic E-state index is 0.00798. The van der Waals surface area contributed by atoms with Crippen LogP contribution in [0.3, 0.4) is 0 Å². The quantitative estimate of drug-likeness (QED) is 0.624. The molecule has 3 aromatic rings. The van der Waals surface area contributed by atoms with E-state index in [0.29, 0.717) is 6.54 Å². The molecule has 2 aliphatic rings. The molecule has 5 rings (SSSR count). The topological polar surface area (TPSA) is 63.5 Å². The van der Waals surface area contributed by atoms with Gasteiger partial charge in [0.05, 0.1) is 24.3 Å². The molecule has 0 N–H and O–H groups in total. The molecule has 2 aliphatic heterocycles. The third kappa shape index (κ3) is 4.00. The molecule has 2 atom stereocenters. The van der Waals surface area contributed by atoms with Crippen molar-refractivity contribution >= 4 is 6.09 Å². The molecule has 0 radical (unpaired) electrons. The Kier molecular flexibility index (Phi) is 5.21. The molecule has 1 amide bonds. The first-order valence-corrected chi connectivity index (χ1v) is 11.1. The van der Waals surface area contributed by atoms with Crippen LogP contribution in [0, 0.1) is 0 Å². The summed E-state index contributed by atoms with van der Waals surface area (Å²) in [6.07, 6.45) is -0.277. The second kappa shape index (κ2) is 8.06. The monoisotopic (exact) mass is 431 g/mol. The molecular formula is C25H29N5O2. The maximum Gasteiger partial charge on any atom is 0.411 e. The number of rotatable bonds is 3. The van der Waals surface area contributed by atoms with E-state index in [4.69, 9.17) is 4.74 Å². The van der Waals surface area contributed by atoms with Gasteiger partial charge in [0.15, 0.2) is 0 Å². The van der Waals surface area contributed by atoms with Gasteiger partial charge in [-0.1, -0.05) is 65.9 Å². The Labute approximate surface area is 188 Å². The fourth-order valence-corrected chi connectivity index (χ4v) is 4.71.